The van der Waals surface area contributed by atoms with Crippen LogP contribution in [0.25, 0.3) is 5.57 Å². The Hall–Kier alpha value is -1.97. The highest BCUT2D eigenvalue weighted by molar-refractivity contribution is 6.14. The molecule has 1 aliphatic rings. The lowest BCUT2D eigenvalue weighted by Gasteiger charge is -2.16. The smallest absolute Gasteiger partial charge is 0.335 e. The maximum absolute atomic E-state index is 10.9. The van der Waals surface area contributed by atoms with Crippen LogP contribution in [0.1, 0.15) is 31.2 Å². The molecule has 0 unspecified atom stereocenters. The van der Waals surface area contributed by atoms with Gasteiger partial charge in [-0.05, 0) is 43.4 Å². The number of hydrogen-bond acceptors (Lipinski definition) is 3. The van der Waals surface area contributed by atoms with Gasteiger partial charge in [0.2, 0.25) is 0 Å². The van der Waals surface area contributed by atoms with Crippen molar-refractivity contribution in [3.63, 3.8) is 0 Å². The van der Waals surface area contributed by atoms with Crippen LogP contribution in [-0.4, -0.2) is 24.3 Å². The van der Waals surface area contributed by atoms with E-state index in [2.05, 4.69) is 6.58 Å². The lowest BCUT2D eigenvalue weighted by atomic mass is 10.1. The molecule has 0 saturated heterocycles. The molecule has 4 heteroatoms. The van der Waals surface area contributed by atoms with Gasteiger partial charge in [0.25, 0.3) is 0 Å². The molecule has 0 heterocycles. The Morgan fingerprint density at radius 3 is 2.58 bits per heavy atom. The fraction of sp³-hybridized carbons (Fsp3) is 0.400. The molecular formula is C15H18O4. The maximum atomic E-state index is 10.9. The van der Waals surface area contributed by atoms with Crippen LogP contribution in [-0.2, 0) is 4.79 Å². The fourth-order valence-electron chi connectivity index (χ4n) is 2.26. The second-order valence-corrected chi connectivity index (χ2v) is 4.67. The molecule has 1 saturated carbocycles. The molecule has 102 valence electrons. The van der Waals surface area contributed by atoms with Crippen molar-refractivity contribution in [3.05, 3.63) is 30.3 Å². The summed E-state index contributed by atoms with van der Waals surface area (Å²) in [5.41, 5.74) is 0.578. The van der Waals surface area contributed by atoms with Crippen LogP contribution in [0.3, 0.4) is 0 Å². The number of carbonyl (C=O) groups is 1. The summed E-state index contributed by atoms with van der Waals surface area (Å²) in [5, 5.41) is 8.93. The third-order valence-electron chi connectivity index (χ3n) is 3.37. The molecule has 0 bridgehead atoms. The number of methoxy groups -OCH3 is 1. The normalized spacial score (nSPS) is 15.2. The quantitative estimate of drug-likeness (QED) is 0.828. The van der Waals surface area contributed by atoms with Gasteiger partial charge in [0.15, 0.2) is 11.5 Å². The van der Waals surface area contributed by atoms with Gasteiger partial charge in [-0.3, -0.25) is 0 Å². The van der Waals surface area contributed by atoms with Gasteiger partial charge in [0.1, 0.15) is 0 Å². The largest absolute Gasteiger partial charge is 0.493 e. The van der Waals surface area contributed by atoms with E-state index in [0.717, 1.165) is 12.8 Å². The zero-order chi connectivity index (χ0) is 13.8. The summed E-state index contributed by atoms with van der Waals surface area (Å²) < 4.78 is 11.2. The first kappa shape index (κ1) is 13.5. The van der Waals surface area contributed by atoms with E-state index in [1.165, 1.54) is 12.8 Å². The molecule has 0 amide bonds. The Labute approximate surface area is 112 Å². The van der Waals surface area contributed by atoms with E-state index in [9.17, 15) is 4.79 Å². The van der Waals surface area contributed by atoms with Crippen LogP contribution in [0.5, 0.6) is 11.5 Å². The predicted molar refractivity (Wildman–Crippen MR) is 72.5 cm³/mol. The minimum absolute atomic E-state index is 0.0470. The summed E-state index contributed by atoms with van der Waals surface area (Å²) in [4.78, 5) is 10.9. The summed E-state index contributed by atoms with van der Waals surface area (Å²) in [6.45, 7) is 3.54. The molecular weight excluding hydrogens is 244 g/mol. The summed E-state index contributed by atoms with van der Waals surface area (Å²) in [5.74, 6) is 0.176. The highest BCUT2D eigenvalue weighted by Crippen LogP contribution is 2.33. The number of ether oxygens (including phenoxy) is 2. The molecule has 1 aliphatic carbocycles. The number of carboxylic acid groups (broad SMARTS) is 1. The Morgan fingerprint density at radius 2 is 2.00 bits per heavy atom. The highest BCUT2D eigenvalue weighted by Gasteiger charge is 2.19. The fourth-order valence-corrected chi connectivity index (χ4v) is 2.26. The van der Waals surface area contributed by atoms with Gasteiger partial charge in [-0.25, -0.2) is 4.79 Å². The molecule has 0 atom stereocenters. The van der Waals surface area contributed by atoms with Gasteiger partial charge in [0, 0.05) is 0 Å². The van der Waals surface area contributed by atoms with Crippen molar-refractivity contribution in [2.45, 2.75) is 31.8 Å². The Morgan fingerprint density at radius 1 is 1.32 bits per heavy atom. The van der Waals surface area contributed by atoms with Crippen molar-refractivity contribution in [2.24, 2.45) is 0 Å². The van der Waals surface area contributed by atoms with E-state index in [1.807, 2.05) is 0 Å². The van der Waals surface area contributed by atoms with Crippen molar-refractivity contribution in [2.75, 3.05) is 7.11 Å². The molecule has 19 heavy (non-hydrogen) atoms. The minimum atomic E-state index is -1.04. The van der Waals surface area contributed by atoms with Crippen molar-refractivity contribution in [1.82, 2.24) is 0 Å². The van der Waals surface area contributed by atoms with Gasteiger partial charge in [-0.15, -0.1) is 0 Å². The zero-order valence-electron chi connectivity index (χ0n) is 11.0. The third-order valence-corrected chi connectivity index (χ3v) is 3.37. The van der Waals surface area contributed by atoms with Crippen LogP contribution < -0.4 is 9.47 Å². The monoisotopic (exact) mass is 262 g/mol. The summed E-state index contributed by atoms with van der Waals surface area (Å²) >= 11 is 0. The van der Waals surface area contributed by atoms with Gasteiger partial charge < -0.3 is 14.6 Å². The minimum Gasteiger partial charge on any atom is -0.493 e. The average Bonchev–Trinajstić information content (AvgIpc) is 2.91. The van der Waals surface area contributed by atoms with E-state index in [0.29, 0.717) is 17.1 Å². The molecule has 4 nitrogen and oxygen atoms in total. The molecule has 1 aromatic rings. The summed E-state index contributed by atoms with van der Waals surface area (Å²) in [6, 6.07) is 5.10. The lowest BCUT2D eigenvalue weighted by molar-refractivity contribution is -0.130. The summed E-state index contributed by atoms with van der Waals surface area (Å²) in [7, 11) is 1.55. The van der Waals surface area contributed by atoms with Gasteiger partial charge in [-0.2, -0.15) is 0 Å². The Kier molecular flexibility index (Phi) is 4.10. The van der Waals surface area contributed by atoms with Crippen LogP contribution in [0.15, 0.2) is 24.8 Å². The van der Waals surface area contributed by atoms with Gasteiger partial charge in [0.05, 0.1) is 18.8 Å². The number of aliphatic carboxylic acids is 1. The number of rotatable bonds is 5. The van der Waals surface area contributed by atoms with Crippen LogP contribution >= 0.6 is 0 Å². The molecule has 0 aliphatic heterocycles. The molecule has 2 rings (SSSR count). The van der Waals surface area contributed by atoms with Crippen molar-refractivity contribution in [1.29, 1.82) is 0 Å². The highest BCUT2D eigenvalue weighted by atomic mass is 16.5. The van der Waals surface area contributed by atoms with Crippen molar-refractivity contribution >= 4 is 11.5 Å². The number of hydrogen-bond donors (Lipinski definition) is 1. The van der Waals surface area contributed by atoms with Crippen LogP contribution in [0.2, 0.25) is 0 Å². The number of carboxylic acids is 1. The average molecular weight is 262 g/mol. The first-order valence-electron chi connectivity index (χ1n) is 6.39. The molecule has 0 radical (unpaired) electrons. The van der Waals surface area contributed by atoms with E-state index < -0.39 is 5.97 Å². The first-order chi connectivity index (χ1) is 9.11. The molecule has 1 fully saturated rings. The van der Waals surface area contributed by atoms with Crippen LogP contribution in [0, 0.1) is 0 Å². The van der Waals surface area contributed by atoms with Gasteiger partial charge >= 0.3 is 5.97 Å². The Bertz CT molecular complexity index is 487. The molecule has 0 aromatic heterocycles. The van der Waals surface area contributed by atoms with E-state index in [-0.39, 0.29) is 11.7 Å². The maximum Gasteiger partial charge on any atom is 0.335 e. The van der Waals surface area contributed by atoms with E-state index >= 15 is 0 Å². The topological polar surface area (TPSA) is 55.8 Å². The van der Waals surface area contributed by atoms with Crippen molar-refractivity contribution in [3.8, 4) is 11.5 Å². The van der Waals surface area contributed by atoms with E-state index in [1.54, 1.807) is 25.3 Å². The summed E-state index contributed by atoms with van der Waals surface area (Å²) in [6.07, 6.45) is 4.75. The second kappa shape index (κ2) is 5.78. The molecule has 1 N–H and O–H groups in total. The molecule has 0 spiro atoms. The second-order valence-electron chi connectivity index (χ2n) is 4.67. The lowest BCUT2D eigenvalue weighted by Crippen LogP contribution is -2.11. The van der Waals surface area contributed by atoms with Gasteiger partial charge in [-0.1, -0.05) is 12.6 Å². The zero-order valence-corrected chi connectivity index (χ0v) is 11.0. The number of benzene rings is 1. The third kappa shape index (κ3) is 3.08. The Balaban J connectivity index is 2.20. The van der Waals surface area contributed by atoms with E-state index in [4.69, 9.17) is 14.6 Å². The molecule has 1 aromatic carbocycles. The van der Waals surface area contributed by atoms with Crippen LogP contribution in [0.4, 0.5) is 0 Å². The predicted octanol–water partition coefficient (Wildman–Crippen LogP) is 3.11. The SMILES string of the molecule is C=C(C(=O)O)c1ccc(OC2CCCC2)c(OC)c1. The standard InChI is InChI=1S/C15H18O4/c1-10(15(16)17)11-7-8-13(14(9-11)18-2)19-12-5-3-4-6-12/h7-9,12H,1,3-6H2,2H3,(H,16,17). The van der Waals surface area contributed by atoms with Crippen molar-refractivity contribution < 1.29 is 19.4 Å². The first-order valence-corrected chi connectivity index (χ1v) is 6.39.